The van der Waals surface area contributed by atoms with E-state index in [1.54, 1.807) is 15.8 Å². The lowest BCUT2D eigenvalue weighted by molar-refractivity contribution is -0.119. The van der Waals surface area contributed by atoms with E-state index in [-0.39, 0.29) is 17.7 Å². The van der Waals surface area contributed by atoms with Crippen LogP contribution in [0.15, 0.2) is 36.5 Å². The van der Waals surface area contributed by atoms with Gasteiger partial charge in [-0.2, -0.15) is 5.10 Å². The summed E-state index contributed by atoms with van der Waals surface area (Å²) in [6, 6.07) is 9.83. The van der Waals surface area contributed by atoms with E-state index in [1.807, 2.05) is 51.2 Å². The topological polar surface area (TPSA) is 80.1 Å². The van der Waals surface area contributed by atoms with Crippen LogP contribution in [-0.4, -0.2) is 44.6 Å². The zero-order valence-electron chi connectivity index (χ0n) is 16.7. The first-order valence-electron chi connectivity index (χ1n) is 9.55. The van der Waals surface area contributed by atoms with Crippen molar-refractivity contribution in [1.29, 1.82) is 0 Å². The van der Waals surface area contributed by atoms with Gasteiger partial charge in [-0.1, -0.05) is 30.3 Å². The van der Waals surface area contributed by atoms with E-state index in [4.69, 9.17) is 0 Å². The van der Waals surface area contributed by atoms with E-state index in [0.717, 1.165) is 21.1 Å². The van der Waals surface area contributed by atoms with Gasteiger partial charge in [0.1, 0.15) is 5.69 Å². The lowest BCUT2D eigenvalue weighted by atomic mass is 10.1. The van der Waals surface area contributed by atoms with Crippen LogP contribution in [0.5, 0.6) is 0 Å². The highest BCUT2D eigenvalue weighted by molar-refractivity contribution is 7.15. The molecule has 7 nitrogen and oxygen atoms in total. The highest BCUT2D eigenvalue weighted by Crippen LogP contribution is 2.32. The summed E-state index contributed by atoms with van der Waals surface area (Å²) in [4.78, 5) is 33.0. The summed E-state index contributed by atoms with van der Waals surface area (Å²) in [7, 11) is 1.83. The molecule has 0 spiro atoms. The minimum atomic E-state index is -0.238. The Labute approximate surface area is 173 Å². The number of benzene rings is 1. The number of thiazole rings is 1. The molecule has 0 radical (unpaired) electrons. The zero-order chi connectivity index (χ0) is 20.5. The summed E-state index contributed by atoms with van der Waals surface area (Å²) >= 11 is 1.52. The number of carbonyl (C=O) groups is 2. The fourth-order valence-electron chi connectivity index (χ4n) is 3.52. The Morgan fingerprint density at radius 1 is 1.21 bits per heavy atom. The van der Waals surface area contributed by atoms with Crippen molar-refractivity contribution in [3.63, 3.8) is 0 Å². The number of amides is 2. The molecule has 0 saturated carbocycles. The van der Waals surface area contributed by atoms with Gasteiger partial charge in [0, 0.05) is 20.1 Å². The van der Waals surface area contributed by atoms with Crippen molar-refractivity contribution >= 4 is 28.8 Å². The maximum Gasteiger partial charge on any atom is 0.274 e. The minimum Gasteiger partial charge on any atom is -0.336 e. The summed E-state index contributed by atoms with van der Waals surface area (Å²) in [5.74, 6) is -0.423. The van der Waals surface area contributed by atoms with Gasteiger partial charge in [0.05, 0.1) is 33.4 Å². The molecule has 1 unspecified atom stereocenters. The van der Waals surface area contributed by atoms with Crippen LogP contribution in [0.3, 0.4) is 0 Å². The Morgan fingerprint density at radius 2 is 1.97 bits per heavy atom. The third kappa shape index (κ3) is 3.80. The first-order chi connectivity index (χ1) is 13.9. The molecule has 3 aromatic rings. The second kappa shape index (κ2) is 7.79. The maximum atomic E-state index is 13.2. The molecule has 1 aliphatic heterocycles. The average molecular weight is 410 g/mol. The van der Waals surface area contributed by atoms with Gasteiger partial charge < -0.3 is 10.2 Å². The zero-order valence-corrected chi connectivity index (χ0v) is 17.5. The van der Waals surface area contributed by atoms with Crippen LogP contribution in [0.25, 0.3) is 10.4 Å². The number of carbonyl (C=O) groups excluding carboxylic acids is 2. The molecule has 2 aromatic heterocycles. The summed E-state index contributed by atoms with van der Waals surface area (Å²) in [5, 5.41) is 7.94. The number of rotatable bonds is 4. The van der Waals surface area contributed by atoms with Crippen LogP contribution < -0.4 is 5.32 Å². The van der Waals surface area contributed by atoms with Crippen molar-refractivity contribution in [3.8, 4) is 10.4 Å². The van der Waals surface area contributed by atoms with Gasteiger partial charge in [0.25, 0.3) is 5.91 Å². The van der Waals surface area contributed by atoms with E-state index in [1.165, 1.54) is 11.3 Å². The summed E-state index contributed by atoms with van der Waals surface area (Å²) in [6.45, 7) is 4.76. The molecule has 0 bridgehead atoms. The Morgan fingerprint density at radius 3 is 2.66 bits per heavy atom. The molecule has 0 aliphatic carbocycles. The fourth-order valence-corrected chi connectivity index (χ4v) is 4.44. The number of nitrogens with one attached hydrogen (secondary N) is 1. The third-order valence-corrected chi connectivity index (χ3v) is 6.33. The standard InChI is InChI=1S/C21H23N5O2S/c1-13-17(11-22-25(13)3)24-20(27)16-9-10-26(12-16)21(28)18-19(29-14(2)23-18)15-7-5-4-6-8-15/h4-8,11,16H,9-10,12H2,1-3H3,(H,24,27). The third-order valence-electron chi connectivity index (χ3n) is 5.31. The largest absolute Gasteiger partial charge is 0.336 e. The normalized spacial score (nSPS) is 16.2. The van der Waals surface area contributed by atoms with Gasteiger partial charge in [0.2, 0.25) is 5.91 Å². The smallest absolute Gasteiger partial charge is 0.274 e. The highest BCUT2D eigenvalue weighted by Gasteiger charge is 2.34. The molecule has 1 saturated heterocycles. The van der Waals surface area contributed by atoms with Crippen molar-refractivity contribution in [2.24, 2.45) is 13.0 Å². The summed E-state index contributed by atoms with van der Waals surface area (Å²) in [5.41, 5.74) is 3.07. The lowest BCUT2D eigenvalue weighted by Gasteiger charge is -2.16. The van der Waals surface area contributed by atoms with Crippen molar-refractivity contribution in [2.75, 3.05) is 18.4 Å². The molecule has 150 valence electrons. The number of likely N-dealkylation sites (tertiary alicyclic amines) is 1. The van der Waals surface area contributed by atoms with Gasteiger partial charge in [-0.15, -0.1) is 11.3 Å². The van der Waals surface area contributed by atoms with Gasteiger partial charge in [0.15, 0.2) is 0 Å². The summed E-state index contributed by atoms with van der Waals surface area (Å²) < 4.78 is 1.72. The Kier molecular flexibility index (Phi) is 5.19. The van der Waals surface area contributed by atoms with Gasteiger partial charge in [-0.05, 0) is 25.8 Å². The number of aryl methyl sites for hydroxylation is 2. The number of hydrogen-bond donors (Lipinski definition) is 1. The molecule has 1 aromatic carbocycles. The predicted octanol–water partition coefficient (Wildman–Crippen LogP) is 3.26. The molecule has 8 heteroatoms. The molecule has 1 N–H and O–H groups in total. The number of hydrogen-bond acceptors (Lipinski definition) is 5. The van der Waals surface area contributed by atoms with E-state index in [9.17, 15) is 9.59 Å². The first-order valence-corrected chi connectivity index (χ1v) is 10.4. The average Bonchev–Trinajstić information content (AvgIpc) is 3.44. The van der Waals surface area contributed by atoms with Crippen LogP contribution in [0.2, 0.25) is 0 Å². The molecule has 1 atom stereocenters. The first kappa shape index (κ1) is 19.3. The second-order valence-electron chi connectivity index (χ2n) is 7.27. The van der Waals surface area contributed by atoms with Crippen molar-refractivity contribution in [3.05, 3.63) is 52.9 Å². The van der Waals surface area contributed by atoms with Gasteiger partial charge in [-0.25, -0.2) is 4.98 Å². The lowest BCUT2D eigenvalue weighted by Crippen LogP contribution is -2.32. The van der Waals surface area contributed by atoms with Gasteiger partial charge in [-0.3, -0.25) is 14.3 Å². The summed E-state index contributed by atoms with van der Waals surface area (Å²) in [6.07, 6.45) is 2.29. The predicted molar refractivity (Wildman–Crippen MR) is 113 cm³/mol. The van der Waals surface area contributed by atoms with E-state index < -0.39 is 0 Å². The van der Waals surface area contributed by atoms with E-state index in [0.29, 0.717) is 30.9 Å². The second-order valence-corrected chi connectivity index (χ2v) is 8.47. The van der Waals surface area contributed by atoms with Crippen LogP contribution in [0, 0.1) is 19.8 Å². The molecular formula is C21H23N5O2S. The van der Waals surface area contributed by atoms with Crippen molar-refractivity contribution < 1.29 is 9.59 Å². The molecule has 1 aliphatic rings. The molecule has 3 heterocycles. The van der Waals surface area contributed by atoms with Crippen LogP contribution in [0.1, 0.15) is 27.6 Å². The Hall–Kier alpha value is -3.00. The molecule has 4 rings (SSSR count). The van der Waals surface area contributed by atoms with Crippen LogP contribution >= 0.6 is 11.3 Å². The molecule has 1 fully saturated rings. The minimum absolute atomic E-state index is 0.0749. The Bertz CT molecular complexity index is 1060. The van der Waals surface area contributed by atoms with Crippen molar-refractivity contribution in [1.82, 2.24) is 19.7 Å². The van der Waals surface area contributed by atoms with Gasteiger partial charge >= 0.3 is 0 Å². The molecule has 29 heavy (non-hydrogen) atoms. The quantitative estimate of drug-likeness (QED) is 0.717. The van der Waals surface area contributed by atoms with E-state index >= 15 is 0 Å². The molecular weight excluding hydrogens is 386 g/mol. The number of anilines is 1. The maximum absolute atomic E-state index is 13.2. The highest BCUT2D eigenvalue weighted by atomic mass is 32.1. The van der Waals surface area contributed by atoms with E-state index in [2.05, 4.69) is 15.4 Å². The van der Waals surface area contributed by atoms with Crippen molar-refractivity contribution in [2.45, 2.75) is 20.3 Å². The SMILES string of the molecule is Cc1nc(C(=O)N2CCC(C(=O)Nc3cnn(C)c3C)C2)c(-c2ccccc2)s1. The van der Waals surface area contributed by atoms with Crippen LogP contribution in [-0.2, 0) is 11.8 Å². The number of nitrogens with zero attached hydrogens (tertiary/aromatic N) is 4. The van der Waals surface area contributed by atoms with Crippen LogP contribution in [0.4, 0.5) is 5.69 Å². The Balaban J connectivity index is 1.48. The number of aromatic nitrogens is 3. The molecule has 2 amide bonds. The monoisotopic (exact) mass is 409 g/mol. The fraction of sp³-hybridized carbons (Fsp3) is 0.333.